The number of hydrogen-bond acceptors (Lipinski definition) is 7. The molecule has 9 heteroatoms. The Bertz CT molecular complexity index is 1420. The smallest absolute Gasteiger partial charge is 0.251 e. The first-order valence-corrected chi connectivity index (χ1v) is 14.6. The van der Waals surface area contributed by atoms with Crippen LogP contribution in [0.4, 0.5) is 5.69 Å². The lowest BCUT2D eigenvalue weighted by Gasteiger charge is -2.25. The Morgan fingerprint density at radius 2 is 2.03 bits per heavy atom. The van der Waals surface area contributed by atoms with Gasteiger partial charge in [-0.3, -0.25) is 4.79 Å². The normalized spacial score (nSPS) is 14.8. The fraction of sp³-hybridized carbons (Fsp3) is 0.400. The number of aliphatic hydroxyl groups is 1. The van der Waals surface area contributed by atoms with Gasteiger partial charge in [-0.15, -0.1) is 0 Å². The van der Waals surface area contributed by atoms with Gasteiger partial charge in [0.2, 0.25) is 0 Å². The molecule has 8 nitrogen and oxygen atoms in total. The third kappa shape index (κ3) is 6.16. The predicted molar refractivity (Wildman–Crippen MR) is 157 cm³/mol. The van der Waals surface area contributed by atoms with Crippen molar-refractivity contribution in [1.82, 2.24) is 20.4 Å². The van der Waals surface area contributed by atoms with Crippen molar-refractivity contribution in [3.8, 4) is 0 Å². The SMILES string of the molecule is CCc1cc(CNC[C@@H](O)[C@H](Cc2ccccc2)NC(=O)c2cc3c4c(cn(CC)c4c2)CCSN3C)on1. The lowest BCUT2D eigenvalue weighted by molar-refractivity contribution is 0.0828. The van der Waals surface area contributed by atoms with Gasteiger partial charge in [-0.25, -0.2) is 0 Å². The molecule has 0 saturated heterocycles. The average Bonchev–Trinajstić information content (AvgIpc) is 3.52. The Kier molecular flexibility index (Phi) is 8.60. The number of anilines is 1. The van der Waals surface area contributed by atoms with Gasteiger partial charge in [0.05, 0.1) is 35.6 Å². The Morgan fingerprint density at radius 3 is 2.77 bits per heavy atom. The van der Waals surface area contributed by atoms with Crippen LogP contribution in [-0.4, -0.2) is 52.2 Å². The number of rotatable bonds is 11. The topological polar surface area (TPSA) is 95.6 Å². The summed E-state index contributed by atoms with van der Waals surface area (Å²) in [6, 6.07) is 15.3. The number of aryl methyl sites for hydroxylation is 3. The molecular formula is C30H37N5O3S. The summed E-state index contributed by atoms with van der Waals surface area (Å²) in [4.78, 5) is 13.7. The fourth-order valence-corrected chi connectivity index (χ4v) is 6.04. The van der Waals surface area contributed by atoms with E-state index >= 15 is 0 Å². The average molecular weight is 548 g/mol. The van der Waals surface area contributed by atoms with Crippen LogP contribution in [0.25, 0.3) is 10.9 Å². The molecule has 0 fully saturated rings. The second-order valence-corrected chi connectivity index (χ2v) is 11.2. The molecule has 1 aliphatic heterocycles. The highest BCUT2D eigenvalue weighted by Crippen LogP contribution is 2.38. The Morgan fingerprint density at radius 1 is 1.21 bits per heavy atom. The van der Waals surface area contributed by atoms with Crippen LogP contribution in [0.1, 0.15) is 46.8 Å². The molecule has 0 unspecified atom stereocenters. The van der Waals surface area contributed by atoms with E-state index in [2.05, 4.69) is 44.8 Å². The molecule has 2 aromatic carbocycles. The minimum Gasteiger partial charge on any atom is -0.390 e. The van der Waals surface area contributed by atoms with Gasteiger partial charge >= 0.3 is 0 Å². The van der Waals surface area contributed by atoms with Crippen LogP contribution >= 0.6 is 11.9 Å². The molecular weight excluding hydrogens is 510 g/mol. The van der Waals surface area contributed by atoms with Gasteiger partial charge in [0.25, 0.3) is 5.91 Å². The van der Waals surface area contributed by atoms with E-state index in [1.54, 1.807) is 11.9 Å². The van der Waals surface area contributed by atoms with Gasteiger partial charge in [-0.1, -0.05) is 42.4 Å². The van der Waals surface area contributed by atoms with Crippen molar-refractivity contribution in [1.29, 1.82) is 0 Å². The molecule has 2 aromatic heterocycles. The van der Waals surface area contributed by atoms with Gasteiger partial charge in [0.1, 0.15) is 0 Å². The molecule has 206 valence electrons. The van der Waals surface area contributed by atoms with Crippen LogP contribution in [0.5, 0.6) is 0 Å². The minimum absolute atomic E-state index is 0.191. The number of carbonyl (C=O) groups is 1. The summed E-state index contributed by atoms with van der Waals surface area (Å²) < 4.78 is 9.74. The second kappa shape index (κ2) is 12.3. The molecule has 1 amide bonds. The van der Waals surface area contributed by atoms with Crippen LogP contribution < -0.4 is 14.9 Å². The largest absolute Gasteiger partial charge is 0.390 e. The molecule has 0 aliphatic carbocycles. The van der Waals surface area contributed by atoms with E-state index in [-0.39, 0.29) is 5.91 Å². The zero-order valence-electron chi connectivity index (χ0n) is 22.8. The van der Waals surface area contributed by atoms with Gasteiger partial charge in [-0.2, -0.15) is 0 Å². The Labute approximate surface area is 233 Å². The molecule has 0 bridgehead atoms. The number of aliphatic hydroxyl groups excluding tert-OH is 1. The summed E-state index contributed by atoms with van der Waals surface area (Å²) in [5.74, 6) is 1.53. The van der Waals surface area contributed by atoms with Crippen LogP contribution in [0.2, 0.25) is 0 Å². The summed E-state index contributed by atoms with van der Waals surface area (Å²) in [7, 11) is 2.06. The van der Waals surface area contributed by atoms with Crippen LogP contribution in [-0.2, 0) is 32.4 Å². The molecule has 0 spiro atoms. The zero-order valence-corrected chi connectivity index (χ0v) is 23.6. The van der Waals surface area contributed by atoms with Crippen molar-refractivity contribution in [2.45, 2.75) is 58.3 Å². The first-order chi connectivity index (χ1) is 19.0. The molecule has 1 aliphatic rings. The lowest BCUT2D eigenvalue weighted by Crippen LogP contribution is -2.48. The highest BCUT2D eigenvalue weighted by atomic mass is 32.2. The number of nitrogens with one attached hydrogen (secondary N) is 2. The Hall–Kier alpha value is -3.27. The van der Waals surface area contributed by atoms with Crippen molar-refractivity contribution in [3.63, 3.8) is 0 Å². The molecule has 4 aromatic rings. The zero-order chi connectivity index (χ0) is 27.4. The van der Waals surface area contributed by atoms with Crippen molar-refractivity contribution in [3.05, 3.63) is 82.9 Å². The summed E-state index contributed by atoms with van der Waals surface area (Å²) in [5.41, 5.74) is 6.00. The monoisotopic (exact) mass is 547 g/mol. The first kappa shape index (κ1) is 27.3. The highest BCUT2D eigenvalue weighted by molar-refractivity contribution is 8.00. The number of carbonyl (C=O) groups excluding carboxylic acids is 1. The second-order valence-electron chi connectivity index (χ2n) is 10.0. The van der Waals surface area contributed by atoms with Crippen molar-refractivity contribution < 1.29 is 14.4 Å². The van der Waals surface area contributed by atoms with E-state index in [0.29, 0.717) is 25.1 Å². The quantitative estimate of drug-likeness (QED) is 0.240. The predicted octanol–water partition coefficient (Wildman–Crippen LogP) is 4.34. The third-order valence-electron chi connectivity index (χ3n) is 7.34. The first-order valence-electron chi connectivity index (χ1n) is 13.7. The number of hydrogen-bond donors (Lipinski definition) is 3. The van der Waals surface area contributed by atoms with Gasteiger partial charge in [0, 0.05) is 49.1 Å². The van der Waals surface area contributed by atoms with Gasteiger partial charge in [0.15, 0.2) is 5.76 Å². The molecule has 3 heterocycles. The van der Waals surface area contributed by atoms with Gasteiger partial charge < -0.3 is 29.1 Å². The molecule has 2 atom stereocenters. The maximum atomic E-state index is 13.7. The lowest BCUT2D eigenvalue weighted by atomic mass is 10.00. The number of aromatic nitrogens is 2. The summed E-state index contributed by atoms with van der Waals surface area (Å²) in [6.45, 7) is 5.74. The van der Waals surface area contributed by atoms with Gasteiger partial charge in [-0.05, 0) is 61.4 Å². The Balaban J connectivity index is 1.37. The fourth-order valence-electron chi connectivity index (χ4n) is 5.18. The van der Waals surface area contributed by atoms with Crippen molar-refractivity contribution >= 4 is 34.4 Å². The molecule has 3 N–H and O–H groups in total. The number of nitrogens with zero attached hydrogens (tertiary/aromatic N) is 3. The highest BCUT2D eigenvalue weighted by Gasteiger charge is 2.25. The number of benzene rings is 2. The van der Waals surface area contributed by atoms with E-state index in [9.17, 15) is 9.90 Å². The van der Waals surface area contributed by atoms with E-state index in [1.165, 1.54) is 10.9 Å². The van der Waals surface area contributed by atoms with E-state index < -0.39 is 12.1 Å². The standard InChI is InChI=1S/C30H37N5O3S/c1-4-23-16-24(38-33-23)17-31-18-28(36)25(13-20-9-7-6-8-10-20)32-30(37)22-14-26-29-21(11-12-39-34(26)3)19-35(5-2)27(29)15-22/h6-10,14-16,19,25,28,31,36H,4-5,11-13,17-18H2,1-3H3,(H,32,37)/t25-,28+/m0/s1. The van der Waals surface area contributed by atoms with E-state index in [4.69, 9.17) is 4.52 Å². The van der Waals surface area contributed by atoms with Crippen molar-refractivity contribution in [2.75, 3.05) is 23.7 Å². The molecule has 0 saturated carbocycles. The molecule has 5 rings (SSSR count). The maximum Gasteiger partial charge on any atom is 0.251 e. The summed E-state index contributed by atoms with van der Waals surface area (Å²) in [5, 5.41) is 22.9. The summed E-state index contributed by atoms with van der Waals surface area (Å²) in [6.07, 6.45) is 3.74. The maximum absolute atomic E-state index is 13.7. The number of amides is 1. The summed E-state index contributed by atoms with van der Waals surface area (Å²) >= 11 is 1.77. The minimum atomic E-state index is -0.808. The molecule has 0 radical (unpaired) electrons. The van der Waals surface area contributed by atoms with Crippen molar-refractivity contribution in [2.24, 2.45) is 0 Å². The van der Waals surface area contributed by atoms with Crippen LogP contribution in [0.3, 0.4) is 0 Å². The molecule has 39 heavy (non-hydrogen) atoms. The van der Waals surface area contributed by atoms with Crippen LogP contribution in [0.15, 0.2) is 59.3 Å². The van der Waals surface area contributed by atoms with Crippen LogP contribution in [0, 0.1) is 0 Å². The third-order valence-corrected chi connectivity index (χ3v) is 8.31. The van der Waals surface area contributed by atoms with E-state index in [1.807, 2.05) is 55.5 Å². The van der Waals surface area contributed by atoms with E-state index in [0.717, 1.165) is 53.4 Å².